The largest absolute Gasteiger partial charge is 0.391 e. The highest BCUT2D eigenvalue weighted by molar-refractivity contribution is 7.89. The number of nitrogen functional groups attached to an aromatic ring is 1. The second kappa shape index (κ2) is 4.63. The van der Waals surface area contributed by atoms with Gasteiger partial charge in [-0.3, -0.25) is 14.5 Å². The fraction of sp³-hybridized carbons (Fsp3) is 0.444. The fourth-order valence-electron chi connectivity index (χ4n) is 2.04. The first-order chi connectivity index (χ1) is 8.78. The maximum absolute atomic E-state index is 11.8. The van der Waals surface area contributed by atoms with Crippen LogP contribution >= 0.6 is 0 Å². The van der Waals surface area contributed by atoms with Crippen LogP contribution in [0.5, 0.6) is 0 Å². The van der Waals surface area contributed by atoms with Gasteiger partial charge in [0.25, 0.3) is 5.56 Å². The zero-order valence-corrected chi connectivity index (χ0v) is 10.7. The number of aromatic nitrogens is 2. The number of nitrogens with zero attached hydrogens (tertiary/aromatic N) is 2. The highest BCUT2D eigenvalue weighted by atomic mass is 32.2. The van der Waals surface area contributed by atoms with Crippen LogP contribution in [0.25, 0.3) is 0 Å². The van der Waals surface area contributed by atoms with E-state index in [9.17, 15) is 18.0 Å². The first-order valence-corrected chi connectivity index (χ1v) is 7.13. The van der Waals surface area contributed by atoms with Crippen LogP contribution < -0.4 is 21.3 Å². The molecule has 1 unspecified atom stereocenters. The second-order valence-corrected chi connectivity index (χ2v) is 6.03. The molecule has 1 fully saturated rings. The Kier molecular flexibility index (Phi) is 3.28. The van der Waals surface area contributed by atoms with Crippen molar-refractivity contribution in [2.75, 3.05) is 22.9 Å². The van der Waals surface area contributed by atoms with Gasteiger partial charge in [-0.1, -0.05) is 0 Å². The molecule has 104 valence electrons. The third-order valence-corrected chi connectivity index (χ3v) is 3.73. The minimum Gasteiger partial charge on any atom is -0.391 e. The summed E-state index contributed by atoms with van der Waals surface area (Å²) >= 11 is 0. The Bertz CT molecular complexity index is 667. The average Bonchev–Trinajstić information content (AvgIpc) is 2.61. The van der Waals surface area contributed by atoms with Crippen LogP contribution in [0.1, 0.15) is 6.42 Å². The molecule has 0 saturated carbocycles. The van der Waals surface area contributed by atoms with E-state index in [2.05, 4.69) is 9.97 Å². The molecule has 10 heteroatoms. The number of nitrogens with one attached hydrogen (secondary N) is 1. The van der Waals surface area contributed by atoms with Crippen molar-refractivity contribution in [3.8, 4) is 0 Å². The molecule has 19 heavy (non-hydrogen) atoms. The van der Waals surface area contributed by atoms with Gasteiger partial charge >= 0.3 is 0 Å². The summed E-state index contributed by atoms with van der Waals surface area (Å²) in [6.07, 6.45) is 1.17. The van der Waals surface area contributed by atoms with Gasteiger partial charge in [0, 0.05) is 18.9 Å². The Morgan fingerprint density at radius 1 is 1.47 bits per heavy atom. The van der Waals surface area contributed by atoms with Crippen LogP contribution in [0.3, 0.4) is 0 Å². The summed E-state index contributed by atoms with van der Waals surface area (Å²) in [5.74, 6) is -1.01. The second-order valence-electron chi connectivity index (χ2n) is 4.37. The van der Waals surface area contributed by atoms with E-state index in [1.165, 1.54) is 4.90 Å². The number of amides is 1. The predicted octanol–water partition coefficient (Wildman–Crippen LogP) is -2.01. The lowest BCUT2D eigenvalue weighted by molar-refractivity contribution is -0.117. The zero-order valence-electron chi connectivity index (χ0n) is 9.87. The molecule has 1 aromatic rings. The molecule has 1 aliphatic rings. The van der Waals surface area contributed by atoms with E-state index in [0.29, 0.717) is 0 Å². The monoisotopic (exact) mass is 287 g/mol. The molecular formula is C9H13N5O4S. The first-order valence-electron chi connectivity index (χ1n) is 5.42. The van der Waals surface area contributed by atoms with Gasteiger partial charge in [0.1, 0.15) is 5.69 Å². The number of hydrogen-bond acceptors (Lipinski definition) is 6. The molecule has 5 N–H and O–H groups in total. The van der Waals surface area contributed by atoms with Crippen LogP contribution in [-0.4, -0.2) is 36.6 Å². The molecule has 0 aliphatic carbocycles. The molecule has 0 spiro atoms. The molecule has 1 aliphatic heterocycles. The van der Waals surface area contributed by atoms with Crippen LogP contribution in [0.2, 0.25) is 0 Å². The van der Waals surface area contributed by atoms with E-state index in [4.69, 9.17) is 10.9 Å². The van der Waals surface area contributed by atoms with Gasteiger partial charge in [-0.05, 0) is 0 Å². The molecule has 1 atom stereocenters. The van der Waals surface area contributed by atoms with Crippen molar-refractivity contribution in [3.63, 3.8) is 0 Å². The number of primary sulfonamides is 1. The highest BCUT2D eigenvalue weighted by Crippen LogP contribution is 2.26. The zero-order chi connectivity index (χ0) is 14.2. The first kappa shape index (κ1) is 13.5. The van der Waals surface area contributed by atoms with Crippen molar-refractivity contribution in [1.82, 2.24) is 9.97 Å². The van der Waals surface area contributed by atoms with Gasteiger partial charge in [0.05, 0.1) is 12.1 Å². The van der Waals surface area contributed by atoms with Gasteiger partial charge in [-0.25, -0.2) is 18.5 Å². The highest BCUT2D eigenvalue weighted by Gasteiger charge is 2.34. The number of sulfonamides is 1. The molecule has 1 amide bonds. The van der Waals surface area contributed by atoms with E-state index >= 15 is 0 Å². The summed E-state index contributed by atoms with van der Waals surface area (Å²) < 4.78 is 22.0. The van der Waals surface area contributed by atoms with Crippen molar-refractivity contribution in [2.45, 2.75) is 6.42 Å². The topological polar surface area (TPSA) is 152 Å². The van der Waals surface area contributed by atoms with Crippen molar-refractivity contribution in [2.24, 2.45) is 11.1 Å². The molecule has 1 aromatic heterocycles. The maximum Gasteiger partial charge on any atom is 0.276 e. The van der Waals surface area contributed by atoms with E-state index in [0.717, 1.165) is 6.33 Å². The molecule has 9 nitrogen and oxygen atoms in total. The number of hydrogen-bond donors (Lipinski definition) is 3. The summed E-state index contributed by atoms with van der Waals surface area (Å²) in [4.78, 5) is 30.5. The number of nitrogens with two attached hydrogens (primary N) is 2. The van der Waals surface area contributed by atoms with Crippen LogP contribution in [-0.2, 0) is 14.8 Å². The van der Waals surface area contributed by atoms with Crippen LogP contribution in [0.4, 0.5) is 11.5 Å². The normalized spacial score (nSPS) is 19.9. The van der Waals surface area contributed by atoms with Crippen molar-refractivity contribution in [3.05, 3.63) is 16.7 Å². The van der Waals surface area contributed by atoms with Crippen molar-refractivity contribution < 1.29 is 13.2 Å². The summed E-state index contributed by atoms with van der Waals surface area (Å²) in [6, 6.07) is 0. The van der Waals surface area contributed by atoms with E-state index in [-0.39, 0.29) is 36.1 Å². The van der Waals surface area contributed by atoms with E-state index < -0.39 is 21.5 Å². The standard InChI is InChI=1S/C9H13N5O4S/c10-7-8(12-4-13-9(7)16)14-2-5(1-6(14)15)3-19(11,17)18/h4-5H,1-3,10H2,(H2,11,17,18)(H,12,13,16). The lowest BCUT2D eigenvalue weighted by Gasteiger charge is -2.16. The number of carbonyl (C=O) groups excluding carboxylic acids is 1. The number of aromatic amines is 1. The Balaban J connectivity index is 2.26. The third-order valence-electron chi connectivity index (χ3n) is 2.80. The Labute approximate surface area is 108 Å². The molecular weight excluding hydrogens is 274 g/mol. The minimum atomic E-state index is -3.65. The SMILES string of the molecule is Nc1c(N2CC(CS(N)(=O)=O)CC2=O)nc[nH]c1=O. The van der Waals surface area contributed by atoms with Crippen LogP contribution in [0, 0.1) is 5.92 Å². The number of carbonyl (C=O) groups is 1. The average molecular weight is 287 g/mol. The van der Waals surface area contributed by atoms with E-state index in [1.54, 1.807) is 0 Å². The van der Waals surface area contributed by atoms with Crippen LogP contribution in [0.15, 0.2) is 11.1 Å². The lowest BCUT2D eigenvalue weighted by Crippen LogP contribution is -2.30. The molecule has 0 radical (unpaired) electrons. The smallest absolute Gasteiger partial charge is 0.276 e. The summed E-state index contributed by atoms with van der Waals surface area (Å²) in [7, 11) is -3.65. The Morgan fingerprint density at radius 2 is 2.16 bits per heavy atom. The maximum atomic E-state index is 11.8. The molecule has 0 aromatic carbocycles. The van der Waals surface area contributed by atoms with Crippen molar-refractivity contribution in [1.29, 1.82) is 0 Å². The third kappa shape index (κ3) is 2.90. The Morgan fingerprint density at radius 3 is 2.79 bits per heavy atom. The van der Waals surface area contributed by atoms with Gasteiger partial charge in [-0.15, -0.1) is 0 Å². The lowest BCUT2D eigenvalue weighted by atomic mass is 10.1. The molecule has 1 saturated heterocycles. The summed E-state index contributed by atoms with van der Waals surface area (Å²) in [6.45, 7) is 0.121. The Hall–Kier alpha value is -1.94. The summed E-state index contributed by atoms with van der Waals surface area (Å²) in [5.41, 5.74) is 4.83. The minimum absolute atomic E-state index is 0.0321. The van der Waals surface area contributed by atoms with E-state index in [1.807, 2.05) is 0 Å². The number of rotatable bonds is 3. The quantitative estimate of drug-likeness (QED) is 0.584. The predicted molar refractivity (Wildman–Crippen MR) is 67.7 cm³/mol. The van der Waals surface area contributed by atoms with Gasteiger partial charge < -0.3 is 10.7 Å². The molecule has 2 heterocycles. The van der Waals surface area contributed by atoms with Gasteiger partial charge in [-0.2, -0.15) is 0 Å². The number of anilines is 2. The molecule has 0 bridgehead atoms. The summed E-state index contributed by atoms with van der Waals surface area (Å²) in [5, 5.41) is 4.95. The van der Waals surface area contributed by atoms with Crippen molar-refractivity contribution >= 4 is 27.4 Å². The fourth-order valence-corrected chi connectivity index (χ4v) is 2.92. The van der Waals surface area contributed by atoms with Gasteiger partial charge in [0.2, 0.25) is 15.9 Å². The molecule has 2 rings (SSSR count). The van der Waals surface area contributed by atoms with Gasteiger partial charge in [0.15, 0.2) is 5.82 Å². The number of H-pyrrole nitrogens is 1.